The first-order valence-corrected chi connectivity index (χ1v) is 6.67. The highest BCUT2D eigenvalue weighted by atomic mass is 79.9. The number of aliphatic hydroxyl groups is 1. The van der Waals surface area contributed by atoms with Crippen molar-refractivity contribution in [2.75, 3.05) is 13.2 Å². The lowest BCUT2D eigenvalue weighted by atomic mass is 9.91. The number of ether oxygens (including phenoxy) is 1. The predicted molar refractivity (Wildman–Crippen MR) is 67.2 cm³/mol. The summed E-state index contributed by atoms with van der Waals surface area (Å²) >= 11 is 3.29. The molecule has 1 heterocycles. The van der Waals surface area contributed by atoms with E-state index < -0.39 is 6.10 Å². The molecule has 0 bridgehead atoms. The van der Waals surface area contributed by atoms with Crippen LogP contribution >= 0.6 is 15.9 Å². The Labute approximate surface area is 109 Å². The molecule has 1 aromatic rings. The molecule has 0 amide bonds. The van der Waals surface area contributed by atoms with Crippen LogP contribution in [-0.4, -0.2) is 18.3 Å². The highest BCUT2D eigenvalue weighted by Crippen LogP contribution is 2.30. The van der Waals surface area contributed by atoms with Crippen molar-refractivity contribution in [2.24, 2.45) is 5.92 Å². The van der Waals surface area contributed by atoms with Gasteiger partial charge in [0.15, 0.2) is 0 Å². The first-order valence-electron chi connectivity index (χ1n) is 5.87. The maximum atomic E-state index is 13.6. The maximum Gasteiger partial charge on any atom is 0.129 e. The van der Waals surface area contributed by atoms with Gasteiger partial charge in [-0.15, -0.1) is 0 Å². The smallest absolute Gasteiger partial charge is 0.129 e. The van der Waals surface area contributed by atoms with E-state index in [2.05, 4.69) is 15.9 Å². The third kappa shape index (κ3) is 3.50. The van der Waals surface area contributed by atoms with Crippen LogP contribution in [0.25, 0.3) is 0 Å². The zero-order chi connectivity index (χ0) is 12.3. The van der Waals surface area contributed by atoms with Gasteiger partial charge < -0.3 is 9.84 Å². The van der Waals surface area contributed by atoms with Crippen LogP contribution in [-0.2, 0) is 4.74 Å². The van der Waals surface area contributed by atoms with Crippen LogP contribution < -0.4 is 0 Å². The molecule has 2 nitrogen and oxygen atoms in total. The lowest BCUT2D eigenvalue weighted by molar-refractivity contribution is 0.0428. The average Bonchev–Trinajstić information content (AvgIpc) is 2.33. The molecule has 2 rings (SSSR count). The lowest BCUT2D eigenvalue weighted by Crippen LogP contribution is -2.18. The minimum Gasteiger partial charge on any atom is -0.388 e. The summed E-state index contributed by atoms with van der Waals surface area (Å²) < 4.78 is 19.6. The van der Waals surface area contributed by atoms with E-state index in [9.17, 15) is 9.50 Å². The van der Waals surface area contributed by atoms with Gasteiger partial charge in [-0.05, 0) is 43.4 Å². The number of benzene rings is 1. The van der Waals surface area contributed by atoms with Crippen LogP contribution in [0.2, 0.25) is 0 Å². The summed E-state index contributed by atoms with van der Waals surface area (Å²) in [7, 11) is 0. The van der Waals surface area contributed by atoms with E-state index >= 15 is 0 Å². The molecule has 1 aromatic carbocycles. The molecular formula is C13H16BrFO2. The van der Waals surface area contributed by atoms with Gasteiger partial charge in [0, 0.05) is 23.2 Å². The fourth-order valence-electron chi connectivity index (χ4n) is 2.19. The highest BCUT2D eigenvalue weighted by Gasteiger charge is 2.21. The summed E-state index contributed by atoms with van der Waals surface area (Å²) in [5.41, 5.74) is 0.380. The Morgan fingerprint density at radius 3 is 2.82 bits per heavy atom. The van der Waals surface area contributed by atoms with Gasteiger partial charge in [0.1, 0.15) is 5.82 Å². The van der Waals surface area contributed by atoms with E-state index in [1.54, 1.807) is 12.1 Å². The largest absolute Gasteiger partial charge is 0.388 e. The van der Waals surface area contributed by atoms with E-state index in [1.165, 1.54) is 6.07 Å². The summed E-state index contributed by atoms with van der Waals surface area (Å²) in [6.45, 7) is 1.50. The van der Waals surface area contributed by atoms with E-state index in [-0.39, 0.29) is 5.82 Å². The fourth-order valence-corrected chi connectivity index (χ4v) is 2.57. The standard InChI is InChI=1S/C13H16BrFO2/c14-10-1-2-12(15)11(8-10)13(16)7-9-3-5-17-6-4-9/h1-2,8-9,13,16H,3-7H2. The Morgan fingerprint density at radius 1 is 1.41 bits per heavy atom. The first-order chi connectivity index (χ1) is 8.16. The summed E-state index contributed by atoms with van der Waals surface area (Å²) in [5, 5.41) is 10.1. The Kier molecular flexibility index (Phi) is 4.54. The van der Waals surface area contributed by atoms with E-state index in [0.29, 0.717) is 17.9 Å². The zero-order valence-electron chi connectivity index (χ0n) is 9.53. The van der Waals surface area contributed by atoms with Gasteiger partial charge in [-0.25, -0.2) is 4.39 Å². The van der Waals surface area contributed by atoms with Crippen molar-refractivity contribution in [1.29, 1.82) is 0 Å². The summed E-state index contributed by atoms with van der Waals surface area (Å²) in [6, 6.07) is 4.67. The summed E-state index contributed by atoms with van der Waals surface area (Å²) in [4.78, 5) is 0. The molecule has 1 N–H and O–H groups in total. The molecule has 1 atom stereocenters. The second-order valence-electron chi connectivity index (χ2n) is 4.47. The third-order valence-corrected chi connectivity index (χ3v) is 3.71. The van der Waals surface area contributed by atoms with Crippen LogP contribution in [0, 0.1) is 11.7 Å². The quantitative estimate of drug-likeness (QED) is 0.927. The van der Waals surface area contributed by atoms with E-state index in [1.807, 2.05) is 0 Å². The summed E-state index contributed by atoms with van der Waals surface area (Å²) in [6.07, 6.45) is 1.78. The normalized spacial score (nSPS) is 19.2. The van der Waals surface area contributed by atoms with Crippen molar-refractivity contribution in [3.63, 3.8) is 0 Å². The van der Waals surface area contributed by atoms with Gasteiger partial charge in [-0.1, -0.05) is 15.9 Å². The number of aliphatic hydroxyl groups excluding tert-OH is 1. The van der Waals surface area contributed by atoms with E-state index in [4.69, 9.17) is 4.74 Å². The Morgan fingerprint density at radius 2 is 2.12 bits per heavy atom. The van der Waals surface area contributed by atoms with Gasteiger partial charge in [0.05, 0.1) is 6.10 Å². The van der Waals surface area contributed by atoms with Crippen molar-refractivity contribution in [3.05, 3.63) is 34.1 Å². The van der Waals surface area contributed by atoms with Gasteiger partial charge in [0.25, 0.3) is 0 Å². The van der Waals surface area contributed by atoms with Crippen LogP contribution in [0.1, 0.15) is 30.9 Å². The van der Waals surface area contributed by atoms with Crippen LogP contribution in [0.4, 0.5) is 4.39 Å². The third-order valence-electron chi connectivity index (χ3n) is 3.21. The zero-order valence-corrected chi connectivity index (χ0v) is 11.1. The topological polar surface area (TPSA) is 29.5 Å². The van der Waals surface area contributed by atoms with Crippen molar-refractivity contribution in [2.45, 2.75) is 25.4 Å². The van der Waals surface area contributed by atoms with Gasteiger partial charge in [-0.2, -0.15) is 0 Å². The monoisotopic (exact) mass is 302 g/mol. The lowest BCUT2D eigenvalue weighted by Gasteiger charge is -2.24. The highest BCUT2D eigenvalue weighted by molar-refractivity contribution is 9.10. The van der Waals surface area contributed by atoms with Crippen LogP contribution in [0.5, 0.6) is 0 Å². The van der Waals surface area contributed by atoms with Crippen LogP contribution in [0.15, 0.2) is 22.7 Å². The van der Waals surface area contributed by atoms with Crippen molar-refractivity contribution < 1.29 is 14.2 Å². The summed E-state index contributed by atoms with van der Waals surface area (Å²) in [5.74, 6) is 0.0879. The average molecular weight is 303 g/mol. The van der Waals surface area contributed by atoms with E-state index in [0.717, 1.165) is 30.5 Å². The molecule has 1 unspecified atom stereocenters. The molecule has 1 aliphatic heterocycles. The van der Waals surface area contributed by atoms with Gasteiger partial charge in [0.2, 0.25) is 0 Å². The molecule has 1 aliphatic rings. The Hall–Kier alpha value is -0.450. The molecule has 0 radical (unpaired) electrons. The molecule has 1 fully saturated rings. The second-order valence-corrected chi connectivity index (χ2v) is 5.39. The minimum absolute atomic E-state index is 0.340. The molecule has 4 heteroatoms. The molecule has 17 heavy (non-hydrogen) atoms. The SMILES string of the molecule is OC(CC1CCOCC1)c1cc(Br)ccc1F. The van der Waals surface area contributed by atoms with Crippen molar-refractivity contribution in [1.82, 2.24) is 0 Å². The Bertz CT molecular complexity index is 378. The fraction of sp³-hybridized carbons (Fsp3) is 0.538. The molecule has 0 saturated carbocycles. The van der Waals surface area contributed by atoms with Gasteiger partial charge >= 0.3 is 0 Å². The molecule has 1 saturated heterocycles. The Balaban J connectivity index is 2.02. The van der Waals surface area contributed by atoms with Crippen LogP contribution in [0.3, 0.4) is 0 Å². The number of hydrogen-bond acceptors (Lipinski definition) is 2. The molecule has 0 aromatic heterocycles. The molecular weight excluding hydrogens is 287 g/mol. The predicted octanol–water partition coefficient (Wildman–Crippen LogP) is 3.44. The molecule has 0 aliphatic carbocycles. The second kappa shape index (κ2) is 5.94. The molecule has 0 spiro atoms. The van der Waals surface area contributed by atoms with Gasteiger partial charge in [-0.3, -0.25) is 0 Å². The first kappa shape index (κ1) is 13.0. The van der Waals surface area contributed by atoms with Crippen molar-refractivity contribution in [3.8, 4) is 0 Å². The number of hydrogen-bond donors (Lipinski definition) is 1. The molecule has 94 valence electrons. The maximum absolute atomic E-state index is 13.6. The number of halogens is 2. The number of rotatable bonds is 3. The van der Waals surface area contributed by atoms with Crippen molar-refractivity contribution >= 4 is 15.9 Å². The minimum atomic E-state index is -0.726.